The summed E-state index contributed by atoms with van der Waals surface area (Å²) in [6.07, 6.45) is 4.70. The summed E-state index contributed by atoms with van der Waals surface area (Å²) in [6.45, 7) is 6.33. The van der Waals surface area contributed by atoms with E-state index < -0.39 is 0 Å². The molecule has 138 valence electrons. The Hall–Kier alpha value is -1.89. The lowest BCUT2D eigenvalue weighted by Gasteiger charge is -2.29. The third kappa shape index (κ3) is 8.67. The van der Waals surface area contributed by atoms with Gasteiger partial charge < -0.3 is 20.6 Å². The minimum absolute atomic E-state index is 0.0623. The van der Waals surface area contributed by atoms with E-state index in [0.29, 0.717) is 18.5 Å². The highest BCUT2D eigenvalue weighted by Gasteiger charge is 2.21. The van der Waals surface area contributed by atoms with Crippen LogP contribution in [0.2, 0.25) is 0 Å². The molecule has 0 aliphatic rings. The molecule has 0 aromatic heterocycles. The van der Waals surface area contributed by atoms with Crippen molar-refractivity contribution in [1.29, 1.82) is 0 Å². The number of nitrogens with zero attached hydrogens (tertiary/aromatic N) is 1. The van der Waals surface area contributed by atoms with Crippen LogP contribution in [0.4, 0.5) is 0 Å². The molecule has 0 fully saturated rings. The third-order valence-corrected chi connectivity index (χ3v) is 3.76. The second-order valence-corrected chi connectivity index (χ2v) is 6.13. The van der Waals surface area contributed by atoms with Crippen LogP contribution in [0.5, 0.6) is 0 Å². The van der Waals surface area contributed by atoms with Crippen molar-refractivity contribution in [2.45, 2.75) is 46.1 Å². The van der Waals surface area contributed by atoms with Crippen molar-refractivity contribution in [3.8, 4) is 0 Å². The number of likely N-dealkylation sites (N-methyl/N-ethyl adjacent to an activating group) is 1. The van der Waals surface area contributed by atoms with Gasteiger partial charge in [0.15, 0.2) is 0 Å². The summed E-state index contributed by atoms with van der Waals surface area (Å²) in [6, 6.07) is -0.230. The molecule has 0 aromatic carbocycles. The molecule has 0 saturated heterocycles. The molecular weight excluding hydrogens is 310 g/mol. The Labute approximate surface area is 144 Å². The molecule has 0 aromatic rings. The van der Waals surface area contributed by atoms with Crippen molar-refractivity contribution < 1.29 is 19.5 Å². The summed E-state index contributed by atoms with van der Waals surface area (Å²) in [4.78, 5) is 36.0. The smallest absolute Gasteiger partial charge is 0.246 e. The lowest BCUT2D eigenvalue weighted by atomic mass is 9.99. The van der Waals surface area contributed by atoms with E-state index in [0.717, 1.165) is 19.3 Å². The van der Waals surface area contributed by atoms with E-state index >= 15 is 0 Å². The Kier molecular flexibility index (Phi) is 11.5. The number of amides is 3. The van der Waals surface area contributed by atoms with Crippen LogP contribution < -0.4 is 10.6 Å². The normalized spacial score (nSPS) is 12.7. The monoisotopic (exact) mass is 341 g/mol. The molecule has 1 atom stereocenters. The molecule has 0 rings (SSSR count). The van der Waals surface area contributed by atoms with Crippen molar-refractivity contribution in [2.75, 3.05) is 26.7 Å². The lowest BCUT2D eigenvalue weighted by Crippen LogP contribution is -2.43. The van der Waals surface area contributed by atoms with E-state index in [4.69, 9.17) is 5.11 Å². The molecule has 0 unspecified atom stereocenters. The first-order valence-corrected chi connectivity index (χ1v) is 8.35. The maximum atomic E-state index is 12.1. The van der Waals surface area contributed by atoms with Crippen LogP contribution in [0, 0.1) is 5.92 Å². The van der Waals surface area contributed by atoms with Gasteiger partial charge in [-0.05, 0) is 32.1 Å². The van der Waals surface area contributed by atoms with Gasteiger partial charge in [-0.1, -0.05) is 19.9 Å². The Bertz CT molecular complexity index is 436. The molecular formula is C17H31N3O4. The van der Waals surface area contributed by atoms with Crippen LogP contribution in [-0.2, 0) is 14.4 Å². The molecule has 0 radical (unpaired) electrons. The SMILES string of the molecule is C/C(=C\[C@H](C(C)C)N(C)C(=O)CNC=O)C(=O)NCCCCCO. The molecule has 7 heteroatoms. The van der Waals surface area contributed by atoms with Crippen molar-refractivity contribution in [3.63, 3.8) is 0 Å². The van der Waals surface area contributed by atoms with Gasteiger partial charge in [0.2, 0.25) is 18.2 Å². The van der Waals surface area contributed by atoms with E-state index in [2.05, 4.69) is 10.6 Å². The maximum Gasteiger partial charge on any atom is 0.246 e. The van der Waals surface area contributed by atoms with Gasteiger partial charge in [-0.25, -0.2) is 0 Å². The van der Waals surface area contributed by atoms with E-state index in [1.54, 1.807) is 24.9 Å². The zero-order valence-electron chi connectivity index (χ0n) is 15.2. The summed E-state index contributed by atoms with van der Waals surface area (Å²) in [5, 5.41) is 13.9. The molecule has 0 heterocycles. The quantitative estimate of drug-likeness (QED) is 0.272. The van der Waals surface area contributed by atoms with Gasteiger partial charge in [0.05, 0.1) is 12.6 Å². The van der Waals surface area contributed by atoms with Gasteiger partial charge in [0.25, 0.3) is 0 Å². The maximum absolute atomic E-state index is 12.1. The van der Waals surface area contributed by atoms with Crippen molar-refractivity contribution >= 4 is 18.2 Å². The molecule has 0 bridgehead atoms. The fourth-order valence-electron chi connectivity index (χ4n) is 2.26. The Morgan fingerprint density at radius 3 is 2.42 bits per heavy atom. The largest absolute Gasteiger partial charge is 0.396 e. The standard InChI is InChI=1S/C17H31N3O4/c1-13(2)15(20(4)16(23)11-18-12-22)10-14(3)17(24)19-8-6-5-7-9-21/h10,12-13,15,21H,5-9,11H2,1-4H3,(H,18,22)(H,19,24)/b14-10+/t15-/m1/s1. The fraction of sp³-hybridized carbons (Fsp3) is 0.706. The van der Waals surface area contributed by atoms with Gasteiger partial charge in [-0.2, -0.15) is 0 Å². The van der Waals surface area contributed by atoms with Crippen LogP contribution in [0.15, 0.2) is 11.6 Å². The number of aliphatic hydroxyl groups excluding tert-OH is 1. The molecule has 24 heavy (non-hydrogen) atoms. The van der Waals surface area contributed by atoms with Crippen molar-refractivity contribution in [2.24, 2.45) is 5.92 Å². The molecule has 0 aliphatic carbocycles. The first kappa shape index (κ1) is 22.1. The molecule has 0 saturated carbocycles. The predicted octanol–water partition coefficient (Wildman–Crippen LogP) is 0.441. The first-order valence-electron chi connectivity index (χ1n) is 8.35. The Morgan fingerprint density at radius 1 is 1.21 bits per heavy atom. The van der Waals surface area contributed by atoms with Crippen LogP contribution in [-0.4, -0.2) is 61.0 Å². The second-order valence-electron chi connectivity index (χ2n) is 6.13. The highest BCUT2D eigenvalue weighted by atomic mass is 16.3. The average Bonchev–Trinajstić information content (AvgIpc) is 2.55. The highest BCUT2D eigenvalue weighted by molar-refractivity contribution is 5.93. The summed E-state index contributed by atoms with van der Waals surface area (Å²) in [5.74, 6) is -0.242. The summed E-state index contributed by atoms with van der Waals surface area (Å²) in [5.41, 5.74) is 0.554. The lowest BCUT2D eigenvalue weighted by molar-refractivity contribution is -0.132. The number of rotatable bonds is 12. The van der Waals surface area contributed by atoms with Crippen molar-refractivity contribution in [1.82, 2.24) is 15.5 Å². The topological polar surface area (TPSA) is 98.7 Å². The molecule has 3 amide bonds. The first-order chi connectivity index (χ1) is 11.3. The van der Waals surface area contributed by atoms with E-state index in [-0.39, 0.29) is 36.9 Å². The number of hydrogen-bond acceptors (Lipinski definition) is 4. The minimum atomic E-state index is -0.230. The number of unbranched alkanes of at least 4 members (excludes halogenated alkanes) is 2. The van der Waals surface area contributed by atoms with E-state index in [1.807, 2.05) is 13.8 Å². The molecule has 0 spiro atoms. The average molecular weight is 341 g/mol. The Morgan fingerprint density at radius 2 is 1.88 bits per heavy atom. The third-order valence-electron chi connectivity index (χ3n) is 3.76. The van der Waals surface area contributed by atoms with Gasteiger partial charge in [0.1, 0.15) is 0 Å². The summed E-state index contributed by atoms with van der Waals surface area (Å²) >= 11 is 0. The van der Waals surface area contributed by atoms with Crippen LogP contribution in [0.25, 0.3) is 0 Å². The molecule has 0 aliphatic heterocycles. The van der Waals surface area contributed by atoms with Gasteiger partial charge in [-0.15, -0.1) is 0 Å². The predicted molar refractivity (Wildman–Crippen MR) is 93.2 cm³/mol. The number of nitrogens with one attached hydrogen (secondary N) is 2. The molecule has 3 N–H and O–H groups in total. The van der Waals surface area contributed by atoms with Crippen LogP contribution in [0.3, 0.4) is 0 Å². The number of carbonyl (C=O) groups excluding carboxylic acids is 3. The van der Waals surface area contributed by atoms with Crippen molar-refractivity contribution in [3.05, 3.63) is 11.6 Å². The van der Waals surface area contributed by atoms with E-state index in [1.165, 1.54) is 0 Å². The summed E-state index contributed by atoms with van der Waals surface area (Å²) in [7, 11) is 1.66. The fourth-order valence-corrected chi connectivity index (χ4v) is 2.26. The molecule has 7 nitrogen and oxygen atoms in total. The van der Waals surface area contributed by atoms with E-state index in [9.17, 15) is 14.4 Å². The number of hydrogen-bond donors (Lipinski definition) is 3. The zero-order chi connectivity index (χ0) is 18.5. The van der Waals surface area contributed by atoms with Gasteiger partial charge in [0, 0.05) is 25.8 Å². The van der Waals surface area contributed by atoms with Gasteiger partial charge in [-0.3, -0.25) is 14.4 Å². The van der Waals surface area contributed by atoms with Crippen LogP contribution in [0.1, 0.15) is 40.0 Å². The summed E-state index contributed by atoms with van der Waals surface area (Å²) < 4.78 is 0. The number of aliphatic hydroxyl groups is 1. The van der Waals surface area contributed by atoms with Gasteiger partial charge >= 0.3 is 0 Å². The highest BCUT2D eigenvalue weighted by Crippen LogP contribution is 2.13. The van der Waals surface area contributed by atoms with Crippen LogP contribution >= 0.6 is 0 Å². The zero-order valence-corrected chi connectivity index (χ0v) is 15.2. The Balaban J connectivity index is 4.69. The second kappa shape index (κ2) is 12.5. The number of carbonyl (C=O) groups is 3. The minimum Gasteiger partial charge on any atom is -0.396 e.